The van der Waals surface area contributed by atoms with Crippen LogP contribution in [0.4, 0.5) is 23.2 Å². The molecular formula is C7H4F4N2O3. The Morgan fingerprint density at radius 2 is 2.00 bits per heavy atom. The molecular weight excluding hydrogens is 236 g/mol. The number of hydrogen-bond acceptors (Lipinski definition) is 3. The fourth-order valence-electron chi connectivity index (χ4n) is 0.960. The maximum atomic E-state index is 12.8. The first kappa shape index (κ1) is 12.1. The smallest absolute Gasteiger partial charge is 0.430 e. The van der Waals surface area contributed by atoms with Crippen LogP contribution in [0.2, 0.25) is 0 Å². The fraction of sp³-hybridized carbons (Fsp3) is 0.286. The van der Waals surface area contributed by atoms with Gasteiger partial charge < -0.3 is 5.21 Å². The van der Waals surface area contributed by atoms with Gasteiger partial charge in [0.05, 0.1) is 17.1 Å². The number of nitrogens with zero attached hydrogens (tertiary/aromatic N) is 2. The minimum atomic E-state index is -5.28. The van der Waals surface area contributed by atoms with E-state index < -0.39 is 33.4 Å². The van der Waals surface area contributed by atoms with Crippen molar-refractivity contribution in [3.05, 3.63) is 39.3 Å². The van der Waals surface area contributed by atoms with Crippen LogP contribution in [-0.2, 0) is 0 Å². The molecule has 0 aliphatic heterocycles. The number of rotatable bonds is 2. The van der Waals surface area contributed by atoms with Crippen LogP contribution in [0.3, 0.4) is 0 Å². The summed E-state index contributed by atoms with van der Waals surface area (Å²) in [5.41, 5.74) is -2.14. The van der Waals surface area contributed by atoms with E-state index in [1.54, 1.807) is 0 Å². The molecule has 1 aromatic rings. The summed E-state index contributed by atoms with van der Waals surface area (Å²) in [4.78, 5) is 9.21. The largest absolute Gasteiger partial charge is 0.618 e. The molecule has 0 bridgehead atoms. The van der Waals surface area contributed by atoms with E-state index in [1.165, 1.54) is 0 Å². The van der Waals surface area contributed by atoms with Crippen molar-refractivity contribution in [2.45, 2.75) is 12.3 Å². The van der Waals surface area contributed by atoms with Crippen LogP contribution in [0.25, 0.3) is 0 Å². The number of hydrogen-bond donors (Lipinski definition) is 0. The van der Waals surface area contributed by atoms with Gasteiger partial charge in [0.2, 0.25) is 5.69 Å². The van der Waals surface area contributed by atoms with Crippen molar-refractivity contribution < 1.29 is 27.2 Å². The summed E-state index contributed by atoms with van der Waals surface area (Å²) in [6.07, 6.45) is -8.38. The van der Waals surface area contributed by atoms with Crippen molar-refractivity contribution >= 4 is 5.69 Å². The minimum Gasteiger partial charge on any atom is -0.618 e. The normalized spacial score (nSPS) is 13.5. The molecule has 0 radical (unpaired) electrons. The Balaban J connectivity index is 3.22. The van der Waals surface area contributed by atoms with Gasteiger partial charge in [-0.25, -0.2) is 4.39 Å². The molecule has 0 saturated carbocycles. The zero-order valence-corrected chi connectivity index (χ0v) is 7.44. The molecule has 1 heterocycles. The van der Waals surface area contributed by atoms with Crippen molar-refractivity contribution in [1.29, 1.82) is 0 Å². The summed E-state index contributed by atoms with van der Waals surface area (Å²) in [5.74, 6) is 0. The standard InChI is InChI=1S/C7H4F4N2O3/c8-6(7(9,10)11)5-3-4(13(15)16)1-2-12(5)14/h1-3,6H. The number of pyridine rings is 1. The fourth-order valence-corrected chi connectivity index (χ4v) is 0.960. The Kier molecular flexibility index (Phi) is 2.97. The highest BCUT2D eigenvalue weighted by molar-refractivity contribution is 5.28. The molecule has 88 valence electrons. The molecule has 1 rings (SSSR count). The summed E-state index contributed by atoms with van der Waals surface area (Å²) in [7, 11) is 0. The first-order valence-corrected chi connectivity index (χ1v) is 3.82. The molecule has 1 unspecified atom stereocenters. The lowest BCUT2D eigenvalue weighted by atomic mass is 10.2. The average molecular weight is 240 g/mol. The lowest BCUT2D eigenvalue weighted by Crippen LogP contribution is -2.36. The van der Waals surface area contributed by atoms with Gasteiger partial charge in [0.25, 0.3) is 11.9 Å². The monoisotopic (exact) mass is 240 g/mol. The van der Waals surface area contributed by atoms with Gasteiger partial charge in [-0.05, 0) is 0 Å². The van der Waals surface area contributed by atoms with Crippen LogP contribution in [0, 0.1) is 15.3 Å². The van der Waals surface area contributed by atoms with Gasteiger partial charge >= 0.3 is 6.18 Å². The second-order valence-electron chi connectivity index (χ2n) is 2.80. The molecule has 9 heteroatoms. The van der Waals surface area contributed by atoms with Crippen molar-refractivity contribution in [3.63, 3.8) is 0 Å². The van der Waals surface area contributed by atoms with E-state index in [0.29, 0.717) is 12.3 Å². The summed E-state index contributed by atoms with van der Waals surface area (Å²) in [5, 5.41) is 21.1. The maximum absolute atomic E-state index is 12.8. The summed E-state index contributed by atoms with van der Waals surface area (Å²) in [6, 6.07) is 0.935. The molecule has 5 nitrogen and oxygen atoms in total. The minimum absolute atomic E-state index is 0.255. The van der Waals surface area contributed by atoms with Crippen LogP contribution in [-0.4, -0.2) is 11.1 Å². The highest BCUT2D eigenvalue weighted by atomic mass is 19.4. The maximum Gasteiger partial charge on any atom is 0.430 e. The van der Waals surface area contributed by atoms with Crippen molar-refractivity contribution in [1.82, 2.24) is 0 Å². The summed E-state index contributed by atoms with van der Waals surface area (Å²) in [6.45, 7) is 0. The second-order valence-corrected chi connectivity index (χ2v) is 2.80. The van der Waals surface area contributed by atoms with Crippen LogP contribution in [0.1, 0.15) is 11.9 Å². The van der Waals surface area contributed by atoms with E-state index in [2.05, 4.69) is 0 Å². The van der Waals surface area contributed by atoms with Crippen LogP contribution < -0.4 is 4.73 Å². The SMILES string of the molecule is O=[N+]([O-])c1cc[n+]([O-])c(C(F)C(F)(F)F)c1. The Bertz CT molecular complexity index is 421. The van der Waals surface area contributed by atoms with E-state index in [4.69, 9.17) is 0 Å². The van der Waals surface area contributed by atoms with Crippen LogP contribution in [0.5, 0.6) is 0 Å². The van der Waals surface area contributed by atoms with Gasteiger partial charge in [0, 0.05) is 0 Å². The topological polar surface area (TPSA) is 70.1 Å². The molecule has 1 aromatic heterocycles. The lowest BCUT2D eigenvalue weighted by Gasteiger charge is -2.11. The van der Waals surface area contributed by atoms with Gasteiger partial charge in [-0.2, -0.15) is 17.9 Å². The van der Waals surface area contributed by atoms with Gasteiger partial charge in [-0.1, -0.05) is 0 Å². The Hall–Kier alpha value is -1.93. The third kappa shape index (κ3) is 2.35. The summed E-state index contributed by atoms with van der Waals surface area (Å²) >= 11 is 0. The second kappa shape index (κ2) is 3.91. The molecule has 0 spiro atoms. The zero-order valence-electron chi connectivity index (χ0n) is 7.44. The molecule has 0 aliphatic carbocycles. The molecule has 0 saturated heterocycles. The van der Waals surface area contributed by atoms with Gasteiger partial charge in [0.1, 0.15) is 0 Å². The van der Waals surface area contributed by atoms with Crippen molar-refractivity contribution in [2.75, 3.05) is 0 Å². The van der Waals surface area contributed by atoms with E-state index in [-0.39, 0.29) is 6.07 Å². The Morgan fingerprint density at radius 1 is 1.44 bits per heavy atom. The van der Waals surface area contributed by atoms with Crippen LogP contribution >= 0.6 is 0 Å². The van der Waals surface area contributed by atoms with E-state index in [0.717, 1.165) is 0 Å². The number of alkyl halides is 4. The quantitative estimate of drug-likeness (QED) is 0.260. The number of halogens is 4. The third-order valence-corrected chi connectivity index (χ3v) is 1.69. The van der Waals surface area contributed by atoms with Crippen molar-refractivity contribution in [2.24, 2.45) is 0 Å². The predicted octanol–water partition coefficient (Wildman–Crippen LogP) is 1.80. The van der Waals surface area contributed by atoms with Gasteiger partial charge in [0.15, 0.2) is 6.20 Å². The molecule has 0 aromatic carbocycles. The molecule has 16 heavy (non-hydrogen) atoms. The molecule has 0 fully saturated rings. The first-order valence-electron chi connectivity index (χ1n) is 3.82. The van der Waals surface area contributed by atoms with Gasteiger partial charge in [-0.15, -0.1) is 0 Å². The molecule has 0 amide bonds. The van der Waals surface area contributed by atoms with E-state index >= 15 is 0 Å². The lowest BCUT2D eigenvalue weighted by molar-refractivity contribution is -0.620. The highest BCUT2D eigenvalue weighted by Crippen LogP contribution is 2.35. The van der Waals surface area contributed by atoms with Crippen molar-refractivity contribution in [3.8, 4) is 0 Å². The Labute approximate surface area is 85.7 Å². The predicted molar refractivity (Wildman–Crippen MR) is 42.0 cm³/mol. The molecule has 0 N–H and O–H groups in total. The third-order valence-electron chi connectivity index (χ3n) is 1.69. The highest BCUT2D eigenvalue weighted by Gasteiger charge is 2.46. The summed E-state index contributed by atoms with van der Waals surface area (Å²) < 4.78 is 48.2. The van der Waals surface area contributed by atoms with E-state index in [9.17, 15) is 32.9 Å². The van der Waals surface area contributed by atoms with E-state index in [1.807, 2.05) is 0 Å². The van der Waals surface area contributed by atoms with Gasteiger partial charge in [-0.3, -0.25) is 10.1 Å². The van der Waals surface area contributed by atoms with Crippen LogP contribution in [0.15, 0.2) is 18.3 Å². The number of aromatic nitrogens is 1. The average Bonchev–Trinajstić information content (AvgIpc) is 2.15. The molecule has 1 atom stereocenters. The molecule has 0 aliphatic rings. The number of nitro groups is 1. The zero-order chi connectivity index (χ0) is 12.5. The Morgan fingerprint density at radius 3 is 2.44 bits per heavy atom. The first-order chi connectivity index (χ1) is 7.23.